The number of fused-ring (bicyclic) bond motifs is 1. The molecule has 42 heavy (non-hydrogen) atoms. The Morgan fingerprint density at radius 1 is 0.976 bits per heavy atom. The molecule has 0 aliphatic rings. The summed E-state index contributed by atoms with van der Waals surface area (Å²) in [5, 5.41) is 7.08. The van der Waals surface area contributed by atoms with E-state index in [1.54, 1.807) is 20.8 Å². The van der Waals surface area contributed by atoms with Crippen LogP contribution in [0.15, 0.2) is 65.6 Å². The minimum absolute atomic E-state index is 0.0640. The first-order valence-corrected chi connectivity index (χ1v) is 14.7. The van der Waals surface area contributed by atoms with Gasteiger partial charge in [-0.25, -0.2) is 8.42 Å². The van der Waals surface area contributed by atoms with Crippen LogP contribution in [-0.4, -0.2) is 64.7 Å². The smallest absolute Gasteiger partial charge is 0.327 e. The fourth-order valence-electron chi connectivity index (χ4n) is 4.27. The Morgan fingerprint density at radius 2 is 1.67 bits per heavy atom. The van der Waals surface area contributed by atoms with Gasteiger partial charge in [0, 0.05) is 39.3 Å². The van der Waals surface area contributed by atoms with Crippen LogP contribution in [0.3, 0.4) is 0 Å². The van der Waals surface area contributed by atoms with Crippen molar-refractivity contribution in [3.63, 3.8) is 0 Å². The predicted molar refractivity (Wildman–Crippen MR) is 159 cm³/mol. The molecule has 3 aromatic rings. The van der Waals surface area contributed by atoms with E-state index in [-0.39, 0.29) is 23.2 Å². The molecule has 3 N–H and O–H groups in total. The number of benzene rings is 3. The number of anilines is 1. The number of nitrogens with one attached hydrogen (secondary N) is 3. The summed E-state index contributed by atoms with van der Waals surface area (Å²) in [4.78, 5) is 37.0. The van der Waals surface area contributed by atoms with Crippen LogP contribution < -0.4 is 20.1 Å². The molecule has 0 heterocycles. The van der Waals surface area contributed by atoms with E-state index in [1.807, 2.05) is 42.5 Å². The largest absolute Gasteiger partial charge is 0.492 e. The highest BCUT2D eigenvalue weighted by Gasteiger charge is 2.40. The van der Waals surface area contributed by atoms with Crippen molar-refractivity contribution in [2.75, 3.05) is 26.1 Å². The third kappa shape index (κ3) is 8.51. The Kier molecular flexibility index (Phi) is 10.7. The quantitative estimate of drug-likeness (QED) is 0.269. The zero-order valence-corrected chi connectivity index (χ0v) is 25.3. The summed E-state index contributed by atoms with van der Waals surface area (Å²) in [6.07, 6.45) is -1.07. The molecule has 2 atom stereocenters. The van der Waals surface area contributed by atoms with Gasteiger partial charge >= 0.3 is 5.97 Å². The first kappa shape index (κ1) is 32.5. The molecule has 0 aliphatic carbocycles. The van der Waals surface area contributed by atoms with Gasteiger partial charge in [-0.3, -0.25) is 14.4 Å². The van der Waals surface area contributed by atoms with Crippen molar-refractivity contribution < 1.29 is 37.0 Å². The number of ether oxygens (including phenoxy) is 3. The van der Waals surface area contributed by atoms with E-state index < -0.39 is 39.6 Å². The molecule has 0 saturated heterocycles. The fraction of sp³-hybridized carbons (Fsp3) is 0.367. The van der Waals surface area contributed by atoms with Gasteiger partial charge in [0.25, 0.3) is 5.91 Å². The van der Waals surface area contributed by atoms with Crippen LogP contribution in [0, 0.1) is 0 Å². The number of esters is 1. The average Bonchev–Trinajstić information content (AvgIpc) is 2.91. The Hall–Kier alpha value is -4.00. The predicted octanol–water partition coefficient (Wildman–Crippen LogP) is 3.17. The van der Waals surface area contributed by atoms with E-state index >= 15 is 0 Å². The molecule has 3 aromatic carbocycles. The van der Waals surface area contributed by atoms with Crippen molar-refractivity contribution in [3.05, 3.63) is 66.2 Å². The van der Waals surface area contributed by atoms with Gasteiger partial charge in [0.1, 0.15) is 16.2 Å². The molecule has 0 aromatic heterocycles. The van der Waals surface area contributed by atoms with Gasteiger partial charge in [-0.05, 0) is 49.2 Å². The van der Waals surface area contributed by atoms with Crippen molar-refractivity contribution >= 4 is 44.3 Å². The number of likely N-dealkylation sites (N-methyl/N-ethyl adjacent to an activating group) is 1. The second-order valence-electron chi connectivity index (χ2n) is 10.5. The van der Waals surface area contributed by atoms with E-state index in [0.717, 1.165) is 16.3 Å². The van der Waals surface area contributed by atoms with Gasteiger partial charge in [-0.15, -0.1) is 0 Å². The van der Waals surface area contributed by atoms with Crippen LogP contribution in [-0.2, 0) is 40.3 Å². The van der Waals surface area contributed by atoms with Crippen LogP contribution >= 0.6 is 0 Å². The Morgan fingerprint density at radius 3 is 2.31 bits per heavy atom. The van der Waals surface area contributed by atoms with Crippen molar-refractivity contribution in [2.24, 2.45) is 0 Å². The number of methoxy groups -OCH3 is 1. The van der Waals surface area contributed by atoms with Crippen LogP contribution in [0.25, 0.3) is 10.8 Å². The zero-order valence-electron chi connectivity index (χ0n) is 24.5. The van der Waals surface area contributed by atoms with E-state index in [9.17, 15) is 22.8 Å². The van der Waals surface area contributed by atoms with E-state index in [0.29, 0.717) is 12.1 Å². The van der Waals surface area contributed by atoms with Crippen LogP contribution in [0.4, 0.5) is 5.69 Å². The second-order valence-corrected chi connectivity index (χ2v) is 12.2. The number of sulfonamides is 1. The standard InChI is InChI=1S/C30H37N3O8S/c1-19(34)32-22-14-15-25(24(18-22)40-17-16-21-12-9-11-20-10-7-8-13-23(20)21)42(37,38)33-26(27(39-6)28(35)31-5)29(36)41-30(2,3)4/h7-15,18,26-27,33H,16-17H2,1-6H3,(H,31,35)(H,32,34). The summed E-state index contributed by atoms with van der Waals surface area (Å²) < 4.78 is 46.3. The summed E-state index contributed by atoms with van der Waals surface area (Å²) in [5.41, 5.74) is 0.343. The van der Waals surface area contributed by atoms with Crippen LogP contribution in [0.2, 0.25) is 0 Å². The number of rotatable bonds is 12. The summed E-state index contributed by atoms with van der Waals surface area (Å²) in [6.45, 7) is 6.26. The molecule has 0 fully saturated rings. The fourth-order valence-corrected chi connectivity index (χ4v) is 5.58. The maximum atomic E-state index is 13.7. The van der Waals surface area contributed by atoms with Gasteiger partial charge < -0.3 is 24.8 Å². The second kappa shape index (κ2) is 13.8. The number of amides is 2. The molecule has 0 bridgehead atoms. The van der Waals surface area contributed by atoms with Crippen molar-refractivity contribution in [1.82, 2.24) is 10.0 Å². The molecule has 0 saturated carbocycles. The van der Waals surface area contributed by atoms with Crippen molar-refractivity contribution in [1.29, 1.82) is 0 Å². The van der Waals surface area contributed by atoms with E-state index in [1.165, 1.54) is 39.3 Å². The van der Waals surface area contributed by atoms with Crippen LogP contribution in [0.5, 0.6) is 5.75 Å². The van der Waals surface area contributed by atoms with Crippen molar-refractivity contribution in [3.8, 4) is 5.75 Å². The molecule has 12 heteroatoms. The number of hydrogen-bond acceptors (Lipinski definition) is 8. The maximum absolute atomic E-state index is 13.7. The van der Waals surface area contributed by atoms with Gasteiger partial charge in [-0.1, -0.05) is 42.5 Å². The Bertz CT molecular complexity index is 1540. The van der Waals surface area contributed by atoms with E-state index in [4.69, 9.17) is 14.2 Å². The highest BCUT2D eigenvalue weighted by atomic mass is 32.2. The van der Waals surface area contributed by atoms with Crippen molar-refractivity contribution in [2.45, 2.75) is 56.8 Å². The molecule has 226 valence electrons. The zero-order chi connectivity index (χ0) is 31.1. The topological polar surface area (TPSA) is 149 Å². The molecule has 11 nitrogen and oxygen atoms in total. The lowest BCUT2D eigenvalue weighted by Gasteiger charge is -2.28. The molecule has 0 radical (unpaired) electrons. The van der Waals surface area contributed by atoms with Gasteiger partial charge in [-0.2, -0.15) is 4.72 Å². The summed E-state index contributed by atoms with van der Waals surface area (Å²) >= 11 is 0. The van der Waals surface area contributed by atoms with Gasteiger partial charge in [0.05, 0.1) is 6.61 Å². The maximum Gasteiger partial charge on any atom is 0.327 e. The Labute approximate surface area is 246 Å². The lowest BCUT2D eigenvalue weighted by atomic mass is 10.0. The minimum atomic E-state index is -4.51. The SMILES string of the molecule is CNC(=O)C(OC)C(NS(=O)(=O)c1ccc(NC(C)=O)cc1OCCc1cccc2ccccc12)C(=O)OC(C)(C)C. The number of hydrogen-bond donors (Lipinski definition) is 3. The normalized spacial score (nSPS) is 13.2. The lowest BCUT2D eigenvalue weighted by molar-refractivity contribution is -0.163. The molecule has 3 rings (SSSR count). The highest BCUT2D eigenvalue weighted by molar-refractivity contribution is 7.89. The monoisotopic (exact) mass is 599 g/mol. The molecule has 0 aliphatic heterocycles. The molecule has 2 unspecified atom stereocenters. The van der Waals surface area contributed by atoms with Gasteiger partial charge in [0.15, 0.2) is 12.1 Å². The van der Waals surface area contributed by atoms with Crippen LogP contribution in [0.1, 0.15) is 33.3 Å². The third-order valence-electron chi connectivity index (χ3n) is 6.07. The summed E-state index contributed by atoms with van der Waals surface area (Å²) in [7, 11) is -2.00. The molecule has 2 amide bonds. The lowest BCUT2D eigenvalue weighted by Crippen LogP contribution is -2.56. The summed E-state index contributed by atoms with van der Waals surface area (Å²) in [5.74, 6) is -2.16. The number of carbonyl (C=O) groups is 3. The highest BCUT2D eigenvalue weighted by Crippen LogP contribution is 2.29. The third-order valence-corrected chi connectivity index (χ3v) is 7.55. The molecular weight excluding hydrogens is 562 g/mol. The number of carbonyl (C=O) groups excluding carboxylic acids is 3. The first-order chi connectivity index (χ1) is 19.8. The minimum Gasteiger partial charge on any atom is -0.492 e. The first-order valence-electron chi connectivity index (χ1n) is 13.3. The average molecular weight is 600 g/mol. The van der Waals surface area contributed by atoms with Gasteiger partial charge in [0.2, 0.25) is 15.9 Å². The molecular formula is C30H37N3O8S. The van der Waals surface area contributed by atoms with E-state index in [2.05, 4.69) is 15.4 Å². The molecule has 0 spiro atoms. The summed E-state index contributed by atoms with van der Waals surface area (Å²) in [6, 6.07) is 16.1. The Balaban J connectivity index is 1.97.